The van der Waals surface area contributed by atoms with Gasteiger partial charge in [-0.15, -0.1) is 0 Å². The Kier molecular flexibility index (Phi) is 4.19. The van der Waals surface area contributed by atoms with Crippen LogP contribution in [0, 0.1) is 5.82 Å². The molecule has 3 nitrogen and oxygen atoms in total. The van der Waals surface area contributed by atoms with Crippen LogP contribution in [0.3, 0.4) is 0 Å². The van der Waals surface area contributed by atoms with Gasteiger partial charge in [0.2, 0.25) is 0 Å². The van der Waals surface area contributed by atoms with E-state index in [0.29, 0.717) is 11.3 Å². The molecule has 0 aliphatic heterocycles. The number of rotatable bonds is 4. The van der Waals surface area contributed by atoms with Crippen LogP contribution in [0.5, 0.6) is 5.75 Å². The Labute approximate surface area is 107 Å². The minimum Gasteiger partial charge on any atom is -0.490 e. The topological polar surface area (TPSA) is 55.5 Å². The molecule has 0 bridgehead atoms. The van der Waals surface area contributed by atoms with Crippen LogP contribution in [0.1, 0.15) is 37.7 Å². The van der Waals surface area contributed by atoms with E-state index < -0.39 is 5.60 Å². The highest BCUT2D eigenvalue weighted by molar-refractivity contribution is 5.29. The molecule has 1 aromatic rings. The van der Waals surface area contributed by atoms with E-state index in [4.69, 9.17) is 10.5 Å². The molecule has 0 spiro atoms. The highest BCUT2D eigenvalue weighted by Crippen LogP contribution is 2.29. The molecule has 4 heteroatoms. The van der Waals surface area contributed by atoms with Gasteiger partial charge in [-0.2, -0.15) is 0 Å². The molecule has 2 rings (SSSR count). The summed E-state index contributed by atoms with van der Waals surface area (Å²) in [4.78, 5) is 0. The zero-order valence-corrected chi connectivity index (χ0v) is 10.5. The minimum absolute atomic E-state index is 0.223. The van der Waals surface area contributed by atoms with Crippen molar-refractivity contribution in [1.29, 1.82) is 0 Å². The molecule has 18 heavy (non-hydrogen) atoms. The van der Waals surface area contributed by atoms with Gasteiger partial charge in [-0.1, -0.05) is 19.3 Å². The van der Waals surface area contributed by atoms with Gasteiger partial charge in [-0.3, -0.25) is 0 Å². The van der Waals surface area contributed by atoms with Crippen LogP contribution in [0.2, 0.25) is 0 Å². The summed E-state index contributed by atoms with van der Waals surface area (Å²) in [6.45, 7) is 0.499. The van der Waals surface area contributed by atoms with Crippen LogP contribution in [0.15, 0.2) is 18.2 Å². The third-order valence-electron chi connectivity index (χ3n) is 3.46. The summed E-state index contributed by atoms with van der Waals surface area (Å²) < 4.78 is 18.8. The molecule has 1 aliphatic rings. The monoisotopic (exact) mass is 253 g/mol. The van der Waals surface area contributed by atoms with Crippen molar-refractivity contribution in [2.75, 3.05) is 6.61 Å². The second kappa shape index (κ2) is 5.67. The molecule has 0 amide bonds. The van der Waals surface area contributed by atoms with Crippen molar-refractivity contribution in [3.05, 3.63) is 29.6 Å². The van der Waals surface area contributed by atoms with Gasteiger partial charge in [0.25, 0.3) is 0 Å². The number of ether oxygens (including phenoxy) is 1. The zero-order chi connectivity index (χ0) is 13.0. The number of hydrogen-bond donors (Lipinski definition) is 2. The summed E-state index contributed by atoms with van der Waals surface area (Å²) in [5.41, 5.74) is 5.42. The van der Waals surface area contributed by atoms with Gasteiger partial charge < -0.3 is 15.6 Å². The molecule has 1 aromatic carbocycles. The Bertz CT molecular complexity index is 403. The van der Waals surface area contributed by atoms with E-state index in [1.807, 2.05) is 0 Å². The number of hydrogen-bond acceptors (Lipinski definition) is 3. The van der Waals surface area contributed by atoms with Crippen LogP contribution in [-0.4, -0.2) is 17.3 Å². The maximum atomic E-state index is 13.3. The minimum atomic E-state index is -0.757. The van der Waals surface area contributed by atoms with Crippen LogP contribution < -0.4 is 10.5 Å². The maximum absolute atomic E-state index is 13.3. The number of halogens is 1. The van der Waals surface area contributed by atoms with E-state index in [0.717, 1.165) is 25.7 Å². The molecule has 1 saturated carbocycles. The van der Waals surface area contributed by atoms with Crippen molar-refractivity contribution in [1.82, 2.24) is 0 Å². The molecule has 100 valence electrons. The Morgan fingerprint density at radius 1 is 1.22 bits per heavy atom. The highest BCUT2D eigenvalue weighted by Gasteiger charge is 2.30. The second-order valence-electron chi connectivity index (χ2n) is 5.07. The lowest BCUT2D eigenvalue weighted by atomic mass is 9.85. The molecule has 3 N–H and O–H groups in total. The van der Waals surface area contributed by atoms with Gasteiger partial charge in [-0.05, 0) is 30.5 Å². The first-order valence-electron chi connectivity index (χ1n) is 6.46. The maximum Gasteiger partial charge on any atom is 0.127 e. The van der Waals surface area contributed by atoms with Crippen molar-refractivity contribution < 1.29 is 14.2 Å². The fourth-order valence-corrected chi connectivity index (χ4v) is 2.39. The SMILES string of the molecule is NCc1cc(F)cc(OCC2(O)CCCCC2)c1. The molecule has 0 aromatic heterocycles. The van der Waals surface area contributed by atoms with Crippen molar-refractivity contribution in [3.63, 3.8) is 0 Å². The molecule has 0 atom stereocenters. The Morgan fingerprint density at radius 2 is 1.94 bits per heavy atom. The van der Waals surface area contributed by atoms with Gasteiger partial charge in [0.05, 0.1) is 5.60 Å². The third kappa shape index (κ3) is 3.43. The lowest BCUT2D eigenvalue weighted by Gasteiger charge is -2.31. The molecular formula is C14H20FNO2. The fourth-order valence-electron chi connectivity index (χ4n) is 2.39. The molecule has 0 radical (unpaired) electrons. The zero-order valence-electron chi connectivity index (χ0n) is 10.5. The van der Waals surface area contributed by atoms with E-state index in [-0.39, 0.29) is 19.0 Å². The number of aliphatic hydroxyl groups is 1. The highest BCUT2D eigenvalue weighted by atomic mass is 19.1. The average Bonchev–Trinajstić information content (AvgIpc) is 2.37. The van der Waals surface area contributed by atoms with Gasteiger partial charge in [0.1, 0.15) is 18.2 Å². The number of nitrogens with two attached hydrogens (primary N) is 1. The first-order valence-corrected chi connectivity index (χ1v) is 6.46. The van der Waals surface area contributed by atoms with Crippen LogP contribution in [0.4, 0.5) is 4.39 Å². The molecular weight excluding hydrogens is 233 g/mol. The Morgan fingerprint density at radius 3 is 2.61 bits per heavy atom. The predicted molar refractivity (Wildman–Crippen MR) is 67.8 cm³/mol. The largest absolute Gasteiger partial charge is 0.490 e. The second-order valence-corrected chi connectivity index (χ2v) is 5.07. The summed E-state index contributed by atoms with van der Waals surface area (Å²) >= 11 is 0. The van der Waals surface area contributed by atoms with E-state index in [1.54, 1.807) is 6.07 Å². The van der Waals surface area contributed by atoms with E-state index >= 15 is 0 Å². The first kappa shape index (κ1) is 13.3. The van der Waals surface area contributed by atoms with E-state index in [9.17, 15) is 9.50 Å². The van der Waals surface area contributed by atoms with E-state index in [1.165, 1.54) is 18.6 Å². The molecule has 0 unspecified atom stereocenters. The van der Waals surface area contributed by atoms with Crippen molar-refractivity contribution in [2.24, 2.45) is 5.73 Å². The predicted octanol–water partition coefficient (Wildman–Crippen LogP) is 2.36. The summed E-state index contributed by atoms with van der Waals surface area (Å²) in [6.07, 6.45) is 4.73. The average molecular weight is 253 g/mol. The van der Waals surface area contributed by atoms with Crippen LogP contribution in [-0.2, 0) is 6.54 Å². The van der Waals surface area contributed by atoms with Crippen molar-refractivity contribution in [2.45, 2.75) is 44.2 Å². The normalized spacial score (nSPS) is 18.6. The summed E-state index contributed by atoms with van der Waals surface area (Å²) in [6, 6.07) is 4.43. The van der Waals surface area contributed by atoms with Crippen LogP contribution >= 0.6 is 0 Å². The molecule has 0 saturated heterocycles. The lowest BCUT2D eigenvalue weighted by molar-refractivity contribution is -0.0339. The first-order chi connectivity index (χ1) is 8.61. The lowest BCUT2D eigenvalue weighted by Crippen LogP contribution is -2.37. The third-order valence-corrected chi connectivity index (χ3v) is 3.46. The summed E-state index contributed by atoms with van der Waals surface area (Å²) in [7, 11) is 0. The quantitative estimate of drug-likeness (QED) is 0.866. The summed E-state index contributed by atoms with van der Waals surface area (Å²) in [5.74, 6) is 0.0815. The fraction of sp³-hybridized carbons (Fsp3) is 0.571. The molecule has 0 heterocycles. The van der Waals surface area contributed by atoms with Gasteiger partial charge >= 0.3 is 0 Å². The number of benzene rings is 1. The van der Waals surface area contributed by atoms with Crippen LogP contribution in [0.25, 0.3) is 0 Å². The van der Waals surface area contributed by atoms with Crippen molar-refractivity contribution in [3.8, 4) is 5.75 Å². The standard InChI is InChI=1S/C14H20FNO2/c15-12-6-11(9-16)7-13(8-12)18-10-14(17)4-2-1-3-5-14/h6-8,17H,1-5,9-10,16H2. The van der Waals surface area contributed by atoms with Gasteiger partial charge in [0.15, 0.2) is 0 Å². The van der Waals surface area contributed by atoms with Gasteiger partial charge in [0, 0.05) is 12.6 Å². The smallest absolute Gasteiger partial charge is 0.127 e. The Balaban J connectivity index is 1.98. The Hall–Kier alpha value is -1.13. The molecule has 1 aliphatic carbocycles. The van der Waals surface area contributed by atoms with Crippen molar-refractivity contribution >= 4 is 0 Å². The van der Waals surface area contributed by atoms with Gasteiger partial charge in [-0.25, -0.2) is 4.39 Å². The molecule has 1 fully saturated rings. The van der Waals surface area contributed by atoms with E-state index in [2.05, 4.69) is 0 Å². The summed E-state index contributed by atoms with van der Waals surface area (Å²) in [5, 5.41) is 10.3.